The number of halogens is 1. The summed E-state index contributed by atoms with van der Waals surface area (Å²) in [5, 5.41) is 0. The molecule has 0 aliphatic heterocycles. The van der Waals surface area contributed by atoms with Crippen LogP contribution in [0.25, 0.3) is 0 Å². The maximum absolute atomic E-state index is 5.96. The molecule has 1 aromatic rings. The van der Waals surface area contributed by atoms with Crippen LogP contribution >= 0.6 is 12.4 Å². The molecule has 1 aliphatic rings. The first-order chi connectivity index (χ1) is 6.11. The third-order valence-corrected chi connectivity index (χ3v) is 3.17. The van der Waals surface area contributed by atoms with Gasteiger partial charge in [-0.15, -0.1) is 12.4 Å². The van der Waals surface area contributed by atoms with Crippen molar-refractivity contribution in [1.29, 1.82) is 0 Å². The Hall–Kier alpha value is -0.690. The van der Waals surface area contributed by atoms with Gasteiger partial charge < -0.3 is 5.73 Å². The van der Waals surface area contributed by atoms with Gasteiger partial charge in [-0.3, -0.25) is 0 Å². The van der Waals surface area contributed by atoms with E-state index in [1.807, 2.05) is 6.07 Å². The Balaban J connectivity index is 0.000000980. The van der Waals surface area contributed by atoms with Crippen LogP contribution in [0.5, 0.6) is 0 Å². The molecule has 0 heterocycles. The number of benzene rings is 1. The average molecular weight is 212 g/mol. The molecule has 0 spiro atoms. The van der Waals surface area contributed by atoms with E-state index in [0.29, 0.717) is 5.41 Å². The highest BCUT2D eigenvalue weighted by Crippen LogP contribution is 2.38. The van der Waals surface area contributed by atoms with Gasteiger partial charge in [0.2, 0.25) is 0 Å². The summed E-state index contributed by atoms with van der Waals surface area (Å²) in [4.78, 5) is 0. The monoisotopic (exact) mass is 211 g/mol. The number of rotatable bonds is 0. The lowest BCUT2D eigenvalue weighted by molar-refractivity contribution is 0.432. The van der Waals surface area contributed by atoms with Gasteiger partial charge in [-0.25, -0.2) is 0 Å². The number of fused-ring (bicyclic) bond motifs is 1. The Kier molecular flexibility index (Phi) is 3.10. The van der Waals surface area contributed by atoms with Crippen LogP contribution in [0, 0.1) is 0 Å². The topological polar surface area (TPSA) is 26.0 Å². The molecule has 0 fully saturated rings. The molecule has 0 amide bonds. The van der Waals surface area contributed by atoms with E-state index in [4.69, 9.17) is 5.73 Å². The maximum atomic E-state index is 5.96. The molecule has 0 unspecified atom stereocenters. The van der Waals surface area contributed by atoms with Gasteiger partial charge in [0.05, 0.1) is 0 Å². The third-order valence-electron chi connectivity index (χ3n) is 3.17. The Morgan fingerprint density at radius 2 is 2.00 bits per heavy atom. The molecule has 0 atom stereocenters. The van der Waals surface area contributed by atoms with Gasteiger partial charge in [0, 0.05) is 5.69 Å². The molecule has 0 saturated heterocycles. The van der Waals surface area contributed by atoms with Crippen molar-refractivity contribution in [3.8, 4) is 0 Å². The molecular weight excluding hydrogens is 194 g/mol. The summed E-state index contributed by atoms with van der Waals surface area (Å²) in [6.45, 7) is 4.62. The normalized spacial score (nSPS) is 18.1. The van der Waals surface area contributed by atoms with E-state index < -0.39 is 0 Å². The lowest BCUT2D eigenvalue weighted by atomic mass is 9.72. The second-order valence-electron chi connectivity index (χ2n) is 4.61. The molecule has 0 saturated carbocycles. The van der Waals surface area contributed by atoms with E-state index in [2.05, 4.69) is 26.0 Å². The Bertz CT molecular complexity index is 331. The highest BCUT2D eigenvalue weighted by atomic mass is 35.5. The highest BCUT2D eigenvalue weighted by Gasteiger charge is 2.27. The average Bonchev–Trinajstić information content (AvgIpc) is 2.06. The number of anilines is 1. The minimum Gasteiger partial charge on any atom is -0.398 e. The summed E-state index contributed by atoms with van der Waals surface area (Å²) in [6, 6.07) is 6.31. The van der Waals surface area contributed by atoms with Crippen molar-refractivity contribution < 1.29 is 0 Å². The first-order valence-electron chi connectivity index (χ1n) is 4.99. The number of hydrogen-bond donors (Lipinski definition) is 1. The van der Waals surface area contributed by atoms with Crippen molar-refractivity contribution >= 4 is 18.1 Å². The van der Waals surface area contributed by atoms with Crippen LogP contribution in [-0.4, -0.2) is 0 Å². The highest BCUT2D eigenvalue weighted by molar-refractivity contribution is 5.85. The van der Waals surface area contributed by atoms with Crippen molar-refractivity contribution in [2.75, 3.05) is 5.73 Å². The summed E-state index contributed by atoms with van der Waals surface area (Å²) >= 11 is 0. The quantitative estimate of drug-likeness (QED) is 0.655. The third kappa shape index (κ3) is 1.74. The lowest BCUT2D eigenvalue weighted by Gasteiger charge is -2.33. The van der Waals surface area contributed by atoms with E-state index in [1.54, 1.807) is 0 Å². The van der Waals surface area contributed by atoms with Crippen LogP contribution in [0.3, 0.4) is 0 Å². The molecule has 1 aliphatic carbocycles. The fourth-order valence-corrected chi connectivity index (χ4v) is 2.36. The van der Waals surface area contributed by atoms with Gasteiger partial charge in [-0.2, -0.15) is 0 Å². The Morgan fingerprint density at radius 3 is 2.64 bits per heavy atom. The fraction of sp³-hybridized carbons (Fsp3) is 0.500. The van der Waals surface area contributed by atoms with Crippen molar-refractivity contribution in [1.82, 2.24) is 0 Å². The molecule has 1 aromatic carbocycles. The zero-order valence-corrected chi connectivity index (χ0v) is 9.66. The van der Waals surface area contributed by atoms with Crippen LogP contribution in [0.4, 0.5) is 5.69 Å². The first kappa shape index (κ1) is 11.4. The maximum Gasteiger partial charge on any atom is 0.0349 e. The van der Waals surface area contributed by atoms with Crippen molar-refractivity contribution in [3.63, 3.8) is 0 Å². The van der Waals surface area contributed by atoms with Crippen molar-refractivity contribution in [2.24, 2.45) is 0 Å². The molecule has 2 rings (SSSR count). The van der Waals surface area contributed by atoms with Crippen LogP contribution < -0.4 is 5.73 Å². The predicted octanol–water partition coefficient (Wildman–Crippen LogP) is 3.30. The summed E-state index contributed by atoms with van der Waals surface area (Å²) in [7, 11) is 0. The largest absolute Gasteiger partial charge is 0.398 e. The zero-order chi connectivity index (χ0) is 9.47. The van der Waals surface area contributed by atoms with Gasteiger partial charge >= 0.3 is 0 Å². The molecule has 0 radical (unpaired) electrons. The van der Waals surface area contributed by atoms with E-state index in [-0.39, 0.29) is 12.4 Å². The summed E-state index contributed by atoms with van der Waals surface area (Å²) in [5.74, 6) is 0. The number of nitrogens with two attached hydrogens (primary N) is 1. The first-order valence-corrected chi connectivity index (χ1v) is 4.99. The van der Waals surface area contributed by atoms with Crippen LogP contribution in [-0.2, 0) is 11.8 Å². The number of nitrogen functional groups attached to an aromatic ring is 1. The molecule has 0 aromatic heterocycles. The minimum absolute atomic E-state index is 0. The second-order valence-corrected chi connectivity index (χ2v) is 4.61. The second kappa shape index (κ2) is 3.82. The molecule has 14 heavy (non-hydrogen) atoms. The van der Waals surface area contributed by atoms with Gasteiger partial charge in [0.1, 0.15) is 0 Å². The van der Waals surface area contributed by atoms with Crippen LogP contribution in [0.15, 0.2) is 18.2 Å². The molecule has 2 N–H and O–H groups in total. The van der Waals surface area contributed by atoms with Crippen LogP contribution in [0.1, 0.15) is 37.8 Å². The van der Waals surface area contributed by atoms with E-state index in [0.717, 1.165) is 12.1 Å². The summed E-state index contributed by atoms with van der Waals surface area (Å²) in [5.41, 5.74) is 10.1. The predicted molar refractivity (Wildman–Crippen MR) is 64.1 cm³/mol. The summed E-state index contributed by atoms with van der Waals surface area (Å²) in [6.07, 6.45) is 3.71. The smallest absolute Gasteiger partial charge is 0.0349 e. The van der Waals surface area contributed by atoms with Gasteiger partial charge in [-0.1, -0.05) is 26.0 Å². The minimum atomic E-state index is 0. The van der Waals surface area contributed by atoms with Crippen molar-refractivity contribution in [2.45, 2.75) is 38.5 Å². The molecular formula is C12H18ClN. The van der Waals surface area contributed by atoms with Gasteiger partial charge in [0.15, 0.2) is 0 Å². The Labute approximate surface area is 92.1 Å². The molecule has 78 valence electrons. The van der Waals surface area contributed by atoms with Gasteiger partial charge in [0.25, 0.3) is 0 Å². The molecule has 2 heteroatoms. The lowest BCUT2D eigenvalue weighted by Crippen LogP contribution is -2.24. The van der Waals surface area contributed by atoms with Gasteiger partial charge in [-0.05, 0) is 41.9 Å². The van der Waals surface area contributed by atoms with E-state index in [1.165, 1.54) is 24.0 Å². The fourth-order valence-electron chi connectivity index (χ4n) is 2.36. The SMILES string of the molecule is CC1(C)CCCc2c(N)cccc21.Cl. The number of hydrogen-bond acceptors (Lipinski definition) is 1. The molecule has 1 nitrogen and oxygen atoms in total. The molecule has 0 bridgehead atoms. The van der Waals surface area contributed by atoms with Crippen molar-refractivity contribution in [3.05, 3.63) is 29.3 Å². The van der Waals surface area contributed by atoms with Crippen LogP contribution in [0.2, 0.25) is 0 Å². The summed E-state index contributed by atoms with van der Waals surface area (Å²) < 4.78 is 0. The zero-order valence-electron chi connectivity index (χ0n) is 8.84. The van der Waals surface area contributed by atoms with E-state index >= 15 is 0 Å². The standard InChI is InChI=1S/C12H17N.ClH/c1-12(2)8-4-5-9-10(12)6-3-7-11(9)13;/h3,6-7H,4-5,8,13H2,1-2H3;1H. The Morgan fingerprint density at radius 1 is 1.29 bits per heavy atom. The van der Waals surface area contributed by atoms with E-state index in [9.17, 15) is 0 Å².